The summed E-state index contributed by atoms with van der Waals surface area (Å²) < 4.78 is 18.5. The van der Waals surface area contributed by atoms with E-state index in [4.69, 9.17) is 19.2 Å². The topological polar surface area (TPSA) is 74.6 Å². The molecule has 7 heteroatoms. The van der Waals surface area contributed by atoms with Gasteiger partial charge in [0.2, 0.25) is 0 Å². The van der Waals surface area contributed by atoms with Gasteiger partial charge in [0.15, 0.2) is 0 Å². The number of methoxy groups -OCH3 is 2. The average molecular weight is 450 g/mol. The minimum atomic E-state index is -0.197. The lowest BCUT2D eigenvalue weighted by Crippen LogP contribution is -2.31. The summed E-state index contributed by atoms with van der Waals surface area (Å²) in [7, 11) is 4.95. The third-order valence-electron chi connectivity index (χ3n) is 6.22. The molecule has 0 saturated carbocycles. The van der Waals surface area contributed by atoms with Crippen LogP contribution in [-0.2, 0) is 24.6 Å². The van der Waals surface area contributed by atoms with Gasteiger partial charge in [-0.3, -0.25) is 9.36 Å². The van der Waals surface area contributed by atoms with Gasteiger partial charge < -0.3 is 19.5 Å². The highest BCUT2D eigenvalue weighted by molar-refractivity contribution is 5.69. The molecule has 0 spiro atoms. The lowest BCUT2D eigenvalue weighted by Gasteiger charge is -2.25. The fourth-order valence-electron chi connectivity index (χ4n) is 4.53. The summed E-state index contributed by atoms with van der Waals surface area (Å²) >= 11 is 0. The molecule has 1 heterocycles. The minimum Gasteiger partial charge on any atom is -0.497 e. The van der Waals surface area contributed by atoms with E-state index >= 15 is 0 Å². The van der Waals surface area contributed by atoms with Crippen molar-refractivity contribution >= 4 is 5.82 Å². The predicted molar refractivity (Wildman–Crippen MR) is 129 cm³/mol. The number of hydrogen-bond donors (Lipinski definition) is 1. The van der Waals surface area contributed by atoms with Crippen molar-refractivity contribution in [2.75, 3.05) is 26.1 Å². The zero-order valence-corrected chi connectivity index (χ0v) is 19.8. The van der Waals surface area contributed by atoms with E-state index in [1.54, 1.807) is 38.0 Å². The Kier molecular flexibility index (Phi) is 6.70. The molecule has 4 rings (SSSR count). The van der Waals surface area contributed by atoms with E-state index in [9.17, 15) is 4.79 Å². The molecule has 0 amide bonds. The first-order chi connectivity index (χ1) is 16.0. The number of ether oxygens (including phenoxy) is 3. The van der Waals surface area contributed by atoms with Crippen molar-refractivity contribution in [3.63, 3.8) is 0 Å². The summed E-state index contributed by atoms with van der Waals surface area (Å²) in [5, 5.41) is 3.61. The van der Waals surface area contributed by atoms with E-state index in [0.717, 1.165) is 12.1 Å². The third-order valence-corrected chi connectivity index (χ3v) is 6.22. The number of fused-ring (bicyclic) bond motifs is 1. The van der Waals surface area contributed by atoms with Crippen LogP contribution in [0.25, 0.3) is 11.3 Å². The number of aromatic nitrogens is 2. The molecule has 2 atom stereocenters. The van der Waals surface area contributed by atoms with Crippen LogP contribution >= 0.6 is 0 Å². The summed E-state index contributed by atoms with van der Waals surface area (Å²) in [5.74, 6) is 1.91. The van der Waals surface area contributed by atoms with Gasteiger partial charge >= 0.3 is 0 Å². The van der Waals surface area contributed by atoms with Crippen LogP contribution in [0.1, 0.15) is 36.7 Å². The zero-order chi connectivity index (χ0) is 23.5. The standard InChI is InChI=1S/C26H31N3O4/c1-6-20-25(28-23-18-11-9-8-10-16(18)14-22(23)33-7-2)29(3)26(30)24(27-20)19-13-12-17(31-4)15-21(19)32-5/h8-13,15,22-23,28H,6-7,14H2,1-5H3/t22-,23+/m0/s1. The van der Waals surface area contributed by atoms with Crippen molar-refractivity contribution in [3.8, 4) is 22.8 Å². The Morgan fingerprint density at radius 1 is 1.12 bits per heavy atom. The van der Waals surface area contributed by atoms with E-state index in [1.807, 2.05) is 26.0 Å². The largest absolute Gasteiger partial charge is 0.497 e. The van der Waals surface area contributed by atoms with Crippen molar-refractivity contribution in [2.45, 2.75) is 38.8 Å². The highest BCUT2D eigenvalue weighted by Crippen LogP contribution is 2.37. The van der Waals surface area contributed by atoms with Crippen LogP contribution in [-0.4, -0.2) is 36.5 Å². The second kappa shape index (κ2) is 9.67. The summed E-state index contributed by atoms with van der Waals surface area (Å²) in [6.45, 7) is 4.67. The Bertz CT molecular complexity index is 1200. The fraction of sp³-hybridized carbons (Fsp3) is 0.385. The normalized spacial score (nSPS) is 17.0. The van der Waals surface area contributed by atoms with E-state index < -0.39 is 0 Å². The molecule has 0 bridgehead atoms. The number of benzene rings is 2. The van der Waals surface area contributed by atoms with Crippen molar-refractivity contribution in [2.24, 2.45) is 7.05 Å². The van der Waals surface area contributed by atoms with E-state index in [2.05, 4.69) is 23.5 Å². The molecule has 2 aromatic carbocycles. The SMILES string of the molecule is CCO[C@H]1Cc2ccccc2[C@H]1Nc1c(CC)nc(-c2ccc(OC)cc2OC)c(=O)n1C. The maximum atomic E-state index is 13.4. The Balaban J connectivity index is 1.79. The minimum absolute atomic E-state index is 0.00596. The molecule has 0 aliphatic heterocycles. The lowest BCUT2D eigenvalue weighted by molar-refractivity contribution is 0.0572. The number of nitrogens with one attached hydrogen (secondary N) is 1. The van der Waals surface area contributed by atoms with Crippen LogP contribution in [0.3, 0.4) is 0 Å². The van der Waals surface area contributed by atoms with Gasteiger partial charge in [-0.1, -0.05) is 31.2 Å². The highest BCUT2D eigenvalue weighted by Gasteiger charge is 2.34. The first-order valence-electron chi connectivity index (χ1n) is 11.3. The quantitative estimate of drug-likeness (QED) is 0.557. The van der Waals surface area contributed by atoms with Gasteiger partial charge in [-0.05, 0) is 36.6 Å². The summed E-state index contributed by atoms with van der Waals surface area (Å²) in [6, 6.07) is 13.7. The molecular formula is C26H31N3O4. The van der Waals surface area contributed by atoms with Crippen LogP contribution < -0.4 is 20.3 Å². The molecule has 1 aliphatic rings. The molecule has 33 heavy (non-hydrogen) atoms. The number of rotatable bonds is 8. The van der Waals surface area contributed by atoms with Gasteiger partial charge in [-0.15, -0.1) is 0 Å². The Morgan fingerprint density at radius 2 is 1.91 bits per heavy atom. The van der Waals surface area contributed by atoms with Crippen molar-refractivity contribution in [1.82, 2.24) is 9.55 Å². The molecular weight excluding hydrogens is 418 g/mol. The Labute approximate surface area is 194 Å². The molecule has 0 radical (unpaired) electrons. The van der Waals surface area contributed by atoms with E-state index in [1.165, 1.54) is 11.1 Å². The smallest absolute Gasteiger partial charge is 0.278 e. The molecule has 7 nitrogen and oxygen atoms in total. The fourth-order valence-corrected chi connectivity index (χ4v) is 4.53. The van der Waals surface area contributed by atoms with Gasteiger partial charge in [-0.25, -0.2) is 4.98 Å². The molecule has 1 aromatic heterocycles. The van der Waals surface area contributed by atoms with Crippen molar-refractivity contribution in [1.29, 1.82) is 0 Å². The van der Waals surface area contributed by atoms with E-state index in [-0.39, 0.29) is 17.7 Å². The molecule has 0 saturated heterocycles. The maximum Gasteiger partial charge on any atom is 0.278 e. The van der Waals surface area contributed by atoms with E-state index in [0.29, 0.717) is 41.6 Å². The van der Waals surface area contributed by atoms with Crippen molar-refractivity contribution < 1.29 is 14.2 Å². The molecule has 3 aromatic rings. The molecule has 0 fully saturated rings. The summed E-state index contributed by atoms with van der Waals surface area (Å²) in [6.07, 6.45) is 1.50. The zero-order valence-electron chi connectivity index (χ0n) is 19.8. The van der Waals surface area contributed by atoms with Gasteiger partial charge in [0.1, 0.15) is 23.0 Å². The maximum absolute atomic E-state index is 13.4. The summed E-state index contributed by atoms with van der Waals surface area (Å²) in [5.41, 5.74) is 4.07. The molecule has 1 aliphatic carbocycles. The van der Waals surface area contributed by atoms with Crippen molar-refractivity contribution in [3.05, 3.63) is 69.6 Å². The summed E-state index contributed by atoms with van der Waals surface area (Å²) in [4.78, 5) is 18.2. The second-order valence-corrected chi connectivity index (χ2v) is 8.06. The average Bonchev–Trinajstić information content (AvgIpc) is 3.19. The lowest BCUT2D eigenvalue weighted by atomic mass is 10.1. The number of aryl methyl sites for hydroxylation is 1. The Hall–Kier alpha value is -3.32. The predicted octanol–water partition coefficient (Wildman–Crippen LogP) is 4.14. The van der Waals surface area contributed by atoms with Gasteiger partial charge in [0.05, 0.1) is 32.1 Å². The van der Waals surface area contributed by atoms with Crippen LogP contribution in [0.5, 0.6) is 11.5 Å². The first kappa shape index (κ1) is 22.9. The number of hydrogen-bond acceptors (Lipinski definition) is 6. The third kappa shape index (κ3) is 4.20. The van der Waals surface area contributed by atoms with Gasteiger partial charge in [-0.2, -0.15) is 0 Å². The number of nitrogens with zero attached hydrogens (tertiary/aromatic N) is 2. The van der Waals surface area contributed by atoms with Crippen LogP contribution in [0, 0.1) is 0 Å². The van der Waals surface area contributed by atoms with Crippen LogP contribution in [0.15, 0.2) is 47.3 Å². The van der Waals surface area contributed by atoms with Crippen LogP contribution in [0.4, 0.5) is 5.82 Å². The monoisotopic (exact) mass is 449 g/mol. The van der Waals surface area contributed by atoms with Crippen LogP contribution in [0.2, 0.25) is 0 Å². The second-order valence-electron chi connectivity index (χ2n) is 8.06. The first-order valence-corrected chi connectivity index (χ1v) is 11.3. The highest BCUT2D eigenvalue weighted by atomic mass is 16.5. The molecule has 174 valence electrons. The molecule has 0 unspecified atom stereocenters. The van der Waals surface area contributed by atoms with Gasteiger partial charge in [0.25, 0.3) is 5.56 Å². The van der Waals surface area contributed by atoms with Gasteiger partial charge in [0, 0.05) is 31.7 Å². The number of anilines is 1. The molecule has 1 N–H and O–H groups in total. The Morgan fingerprint density at radius 3 is 2.61 bits per heavy atom.